The maximum absolute atomic E-state index is 6.62. The van der Waals surface area contributed by atoms with Crippen LogP contribution in [0.15, 0.2) is 78.9 Å². The first-order chi connectivity index (χ1) is 12.3. The van der Waals surface area contributed by atoms with Gasteiger partial charge in [-0.05, 0) is 23.6 Å². The van der Waals surface area contributed by atoms with Gasteiger partial charge in [-0.2, -0.15) is 0 Å². The van der Waals surface area contributed by atoms with Gasteiger partial charge in [0.25, 0.3) is 0 Å². The zero-order valence-electron chi connectivity index (χ0n) is 13.2. The van der Waals surface area contributed by atoms with Gasteiger partial charge in [0.1, 0.15) is 0 Å². The number of benzene rings is 4. The van der Waals surface area contributed by atoms with Crippen molar-refractivity contribution in [1.82, 2.24) is 4.57 Å². The molecule has 0 aliphatic carbocycles. The molecule has 0 unspecified atom stereocenters. The average Bonchev–Trinajstić information content (AvgIpc) is 2.98. The van der Waals surface area contributed by atoms with E-state index in [0.717, 1.165) is 27.1 Å². The lowest BCUT2D eigenvalue weighted by Crippen LogP contribution is -1.95. The van der Waals surface area contributed by atoms with Crippen LogP contribution in [0.3, 0.4) is 0 Å². The Morgan fingerprint density at radius 2 is 1.20 bits per heavy atom. The van der Waals surface area contributed by atoms with Crippen molar-refractivity contribution in [3.8, 4) is 5.69 Å². The summed E-state index contributed by atoms with van der Waals surface area (Å²) in [5, 5.41) is 6.12. The first-order valence-corrected chi connectivity index (χ1v) is 8.86. The summed E-state index contributed by atoms with van der Waals surface area (Å²) in [6.45, 7) is 0. The van der Waals surface area contributed by atoms with Gasteiger partial charge >= 0.3 is 0 Å². The monoisotopic (exact) mass is 361 g/mol. The molecule has 0 saturated carbocycles. The molecule has 0 bridgehead atoms. The lowest BCUT2D eigenvalue weighted by molar-refractivity contribution is 1.19. The average molecular weight is 362 g/mol. The molecule has 0 radical (unpaired) electrons. The van der Waals surface area contributed by atoms with Gasteiger partial charge < -0.3 is 4.57 Å². The molecular formula is C22H13Cl2N. The highest BCUT2D eigenvalue weighted by Gasteiger charge is 2.17. The maximum atomic E-state index is 6.62. The van der Waals surface area contributed by atoms with Crippen LogP contribution in [0.1, 0.15) is 0 Å². The van der Waals surface area contributed by atoms with Crippen LogP contribution in [0.5, 0.6) is 0 Å². The highest BCUT2D eigenvalue weighted by Crippen LogP contribution is 2.40. The molecule has 4 aromatic carbocycles. The molecule has 0 N–H and O–H groups in total. The molecule has 0 amide bonds. The molecule has 1 nitrogen and oxygen atoms in total. The van der Waals surface area contributed by atoms with Crippen molar-refractivity contribution in [2.75, 3.05) is 0 Å². The number of nitrogens with zero attached hydrogens (tertiary/aromatic N) is 1. The summed E-state index contributed by atoms with van der Waals surface area (Å²) in [7, 11) is 0. The third kappa shape index (κ3) is 2.10. The van der Waals surface area contributed by atoms with E-state index in [-0.39, 0.29) is 0 Å². The Labute approximate surface area is 155 Å². The zero-order valence-corrected chi connectivity index (χ0v) is 14.7. The molecular weight excluding hydrogens is 349 g/mol. The van der Waals surface area contributed by atoms with Crippen LogP contribution in [0.25, 0.3) is 38.3 Å². The van der Waals surface area contributed by atoms with Crippen molar-refractivity contribution < 1.29 is 0 Å². The SMILES string of the molecule is Clc1ccccc1-n1c2c(Cl)cccc2c2ccc3ccccc3c21. The van der Waals surface area contributed by atoms with Crippen molar-refractivity contribution in [3.63, 3.8) is 0 Å². The van der Waals surface area contributed by atoms with E-state index in [1.807, 2.05) is 36.4 Å². The van der Waals surface area contributed by atoms with Crippen LogP contribution >= 0.6 is 23.2 Å². The molecule has 0 atom stereocenters. The topological polar surface area (TPSA) is 4.93 Å². The van der Waals surface area contributed by atoms with E-state index in [4.69, 9.17) is 23.2 Å². The summed E-state index contributed by atoms with van der Waals surface area (Å²) in [4.78, 5) is 0. The van der Waals surface area contributed by atoms with Gasteiger partial charge in [-0.25, -0.2) is 0 Å². The minimum absolute atomic E-state index is 0.703. The van der Waals surface area contributed by atoms with E-state index < -0.39 is 0 Å². The Morgan fingerprint density at radius 3 is 2.08 bits per heavy atom. The quantitative estimate of drug-likeness (QED) is 0.296. The Balaban J connectivity index is 2.13. The molecule has 1 aromatic heterocycles. The summed E-state index contributed by atoms with van der Waals surface area (Å²) >= 11 is 13.2. The summed E-state index contributed by atoms with van der Waals surface area (Å²) in [5.74, 6) is 0. The predicted molar refractivity (Wildman–Crippen MR) is 108 cm³/mol. The summed E-state index contributed by atoms with van der Waals surface area (Å²) in [6, 6.07) is 26.7. The van der Waals surface area contributed by atoms with Crippen LogP contribution in [0, 0.1) is 0 Å². The van der Waals surface area contributed by atoms with Crippen molar-refractivity contribution in [2.24, 2.45) is 0 Å². The molecule has 120 valence electrons. The Bertz CT molecular complexity index is 1270. The van der Waals surface area contributed by atoms with Gasteiger partial charge in [0.2, 0.25) is 0 Å². The smallest absolute Gasteiger partial charge is 0.0728 e. The summed E-state index contributed by atoms with van der Waals surface area (Å²) in [6.07, 6.45) is 0. The molecule has 5 aromatic rings. The second-order valence-electron chi connectivity index (χ2n) is 6.11. The Hall–Kier alpha value is -2.48. The standard InChI is InChI=1S/C22H13Cl2N/c23-18-9-3-4-11-20(18)25-21-15-7-2-1-6-14(15)12-13-17(21)16-8-5-10-19(24)22(16)25/h1-13H. The number of fused-ring (bicyclic) bond motifs is 5. The number of aromatic nitrogens is 1. The van der Waals surface area contributed by atoms with E-state index in [9.17, 15) is 0 Å². The Kier molecular flexibility index (Phi) is 3.27. The lowest BCUT2D eigenvalue weighted by Gasteiger charge is -2.12. The molecule has 0 fully saturated rings. The fourth-order valence-electron chi connectivity index (χ4n) is 3.66. The molecule has 0 saturated heterocycles. The van der Waals surface area contributed by atoms with Crippen LogP contribution in [-0.4, -0.2) is 4.57 Å². The maximum Gasteiger partial charge on any atom is 0.0728 e. The lowest BCUT2D eigenvalue weighted by atomic mass is 10.1. The van der Waals surface area contributed by atoms with E-state index in [0.29, 0.717) is 5.02 Å². The minimum Gasteiger partial charge on any atom is -0.306 e. The highest BCUT2D eigenvalue weighted by atomic mass is 35.5. The molecule has 5 rings (SSSR count). The summed E-state index contributed by atoms with van der Waals surface area (Å²) < 4.78 is 2.19. The molecule has 0 aliphatic heterocycles. The van der Waals surface area contributed by atoms with Gasteiger partial charge in [-0.15, -0.1) is 0 Å². The number of para-hydroxylation sites is 2. The first-order valence-electron chi connectivity index (χ1n) is 8.11. The largest absolute Gasteiger partial charge is 0.306 e. The molecule has 0 spiro atoms. The van der Waals surface area contributed by atoms with Crippen LogP contribution in [-0.2, 0) is 0 Å². The van der Waals surface area contributed by atoms with Crippen molar-refractivity contribution in [3.05, 3.63) is 88.9 Å². The third-order valence-electron chi connectivity index (χ3n) is 4.72. The number of hydrogen-bond acceptors (Lipinski definition) is 0. The van der Waals surface area contributed by atoms with Gasteiger partial charge in [-0.3, -0.25) is 0 Å². The normalized spacial score (nSPS) is 11.6. The third-order valence-corrected chi connectivity index (χ3v) is 5.34. The fourth-order valence-corrected chi connectivity index (χ4v) is 4.14. The molecule has 25 heavy (non-hydrogen) atoms. The number of halogens is 2. The Morgan fingerprint density at radius 1 is 0.520 bits per heavy atom. The fraction of sp³-hybridized carbons (Fsp3) is 0. The van der Waals surface area contributed by atoms with Crippen LogP contribution < -0.4 is 0 Å². The molecule has 1 heterocycles. The van der Waals surface area contributed by atoms with E-state index >= 15 is 0 Å². The van der Waals surface area contributed by atoms with E-state index in [1.165, 1.54) is 16.2 Å². The van der Waals surface area contributed by atoms with Crippen LogP contribution in [0.2, 0.25) is 10.0 Å². The molecule has 3 heteroatoms. The summed E-state index contributed by atoms with van der Waals surface area (Å²) in [5.41, 5.74) is 3.06. The van der Waals surface area contributed by atoms with E-state index in [1.54, 1.807) is 0 Å². The minimum atomic E-state index is 0.703. The van der Waals surface area contributed by atoms with Gasteiger partial charge in [-0.1, -0.05) is 83.9 Å². The number of rotatable bonds is 1. The van der Waals surface area contributed by atoms with Gasteiger partial charge in [0.05, 0.1) is 26.8 Å². The first kappa shape index (κ1) is 14.8. The highest BCUT2D eigenvalue weighted by molar-refractivity contribution is 6.37. The zero-order chi connectivity index (χ0) is 17.0. The van der Waals surface area contributed by atoms with Gasteiger partial charge in [0, 0.05) is 16.2 Å². The van der Waals surface area contributed by atoms with Crippen molar-refractivity contribution in [2.45, 2.75) is 0 Å². The number of hydrogen-bond donors (Lipinski definition) is 0. The molecule has 0 aliphatic rings. The van der Waals surface area contributed by atoms with Crippen molar-refractivity contribution >= 4 is 55.8 Å². The van der Waals surface area contributed by atoms with Gasteiger partial charge in [0.15, 0.2) is 0 Å². The predicted octanol–water partition coefficient (Wildman–Crippen LogP) is 7.24. The van der Waals surface area contributed by atoms with E-state index in [2.05, 4.69) is 47.0 Å². The van der Waals surface area contributed by atoms with Crippen LogP contribution in [0.4, 0.5) is 0 Å². The second kappa shape index (κ2) is 5.52. The van der Waals surface area contributed by atoms with Crippen molar-refractivity contribution in [1.29, 1.82) is 0 Å². The second-order valence-corrected chi connectivity index (χ2v) is 6.92.